The number of nitrogens with zero attached hydrogens (tertiary/aromatic N) is 1. The monoisotopic (exact) mass is 294 g/mol. The first-order valence-corrected chi connectivity index (χ1v) is 9.16. The predicted octanol–water partition coefficient (Wildman–Crippen LogP) is 3.04. The second kappa shape index (κ2) is 6.17. The number of nitrogens with one attached hydrogen (secondary N) is 1. The fourth-order valence-corrected chi connectivity index (χ4v) is 4.37. The average molecular weight is 294 g/mol. The second-order valence-electron chi connectivity index (χ2n) is 8.10. The van der Waals surface area contributed by atoms with Crippen molar-refractivity contribution in [3.05, 3.63) is 0 Å². The van der Waals surface area contributed by atoms with Gasteiger partial charge in [-0.3, -0.25) is 4.90 Å². The molecule has 1 aliphatic carbocycles. The van der Waals surface area contributed by atoms with Crippen LogP contribution < -0.4 is 5.32 Å². The Bertz CT molecular complexity index is 357. The van der Waals surface area contributed by atoms with Crippen LogP contribution in [0.2, 0.25) is 0 Å². The number of hydrogen-bond donors (Lipinski definition) is 1. The highest BCUT2D eigenvalue weighted by Crippen LogP contribution is 2.42. The van der Waals surface area contributed by atoms with Gasteiger partial charge in [0.2, 0.25) is 0 Å². The van der Waals surface area contributed by atoms with Crippen LogP contribution in [0, 0.1) is 11.8 Å². The molecule has 3 rings (SSSR count). The third-order valence-corrected chi connectivity index (χ3v) is 6.25. The first-order chi connectivity index (χ1) is 10.0. The highest BCUT2D eigenvalue weighted by atomic mass is 16.5. The van der Waals surface area contributed by atoms with Crippen molar-refractivity contribution in [1.29, 1.82) is 0 Å². The molecule has 0 aromatic carbocycles. The van der Waals surface area contributed by atoms with Crippen LogP contribution >= 0.6 is 0 Å². The van der Waals surface area contributed by atoms with Crippen LogP contribution in [0.1, 0.15) is 59.8 Å². The minimum absolute atomic E-state index is 0.341. The zero-order valence-corrected chi connectivity index (χ0v) is 14.4. The van der Waals surface area contributed by atoms with Gasteiger partial charge in [-0.15, -0.1) is 0 Å². The smallest absolute Gasteiger partial charge is 0.0706 e. The summed E-state index contributed by atoms with van der Waals surface area (Å²) in [7, 11) is 0. The van der Waals surface area contributed by atoms with Crippen molar-refractivity contribution in [2.75, 3.05) is 19.6 Å². The van der Waals surface area contributed by atoms with Gasteiger partial charge in [0.15, 0.2) is 0 Å². The van der Waals surface area contributed by atoms with Crippen molar-refractivity contribution in [3.63, 3.8) is 0 Å². The highest BCUT2D eigenvalue weighted by Gasteiger charge is 2.47. The molecule has 1 saturated carbocycles. The normalized spacial score (nSPS) is 43.1. The largest absolute Gasteiger partial charge is 0.374 e. The Morgan fingerprint density at radius 1 is 1.29 bits per heavy atom. The van der Waals surface area contributed by atoms with Crippen molar-refractivity contribution in [3.8, 4) is 0 Å². The number of ether oxygens (including phenoxy) is 1. The minimum Gasteiger partial charge on any atom is -0.374 e. The maximum atomic E-state index is 6.11. The Labute approximate surface area is 130 Å². The Kier molecular flexibility index (Phi) is 4.63. The maximum absolute atomic E-state index is 6.11. The van der Waals surface area contributed by atoms with E-state index in [4.69, 9.17) is 4.74 Å². The van der Waals surface area contributed by atoms with Gasteiger partial charge in [-0.2, -0.15) is 0 Å². The molecule has 3 aliphatic rings. The molecule has 0 radical (unpaired) electrons. The lowest BCUT2D eigenvalue weighted by Crippen LogP contribution is -2.66. The van der Waals surface area contributed by atoms with Crippen LogP contribution in [0.4, 0.5) is 0 Å². The molecule has 0 spiro atoms. The van der Waals surface area contributed by atoms with E-state index in [1.54, 1.807) is 0 Å². The molecule has 21 heavy (non-hydrogen) atoms. The Hall–Kier alpha value is -0.120. The van der Waals surface area contributed by atoms with E-state index in [1.165, 1.54) is 38.6 Å². The average Bonchev–Trinajstić information content (AvgIpc) is 3.24. The van der Waals surface area contributed by atoms with Crippen LogP contribution in [0.25, 0.3) is 0 Å². The molecule has 0 amide bonds. The molecule has 0 aromatic heterocycles. The topological polar surface area (TPSA) is 24.5 Å². The Morgan fingerprint density at radius 3 is 2.62 bits per heavy atom. The molecule has 2 aliphatic heterocycles. The van der Waals surface area contributed by atoms with E-state index >= 15 is 0 Å². The van der Waals surface area contributed by atoms with Gasteiger partial charge in [-0.1, -0.05) is 20.3 Å². The summed E-state index contributed by atoms with van der Waals surface area (Å²) in [4.78, 5) is 2.77. The molecule has 0 bridgehead atoms. The summed E-state index contributed by atoms with van der Waals surface area (Å²) in [6.45, 7) is 12.9. The third kappa shape index (κ3) is 3.46. The van der Waals surface area contributed by atoms with E-state index in [0.29, 0.717) is 23.8 Å². The van der Waals surface area contributed by atoms with Gasteiger partial charge >= 0.3 is 0 Å². The SMILES string of the molecule is CCC(C)C1CNC(C)(C2CC2)CN1CC1CCC(C)O1. The summed E-state index contributed by atoms with van der Waals surface area (Å²) < 4.78 is 6.11. The van der Waals surface area contributed by atoms with E-state index in [9.17, 15) is 0 Å². The van der Waals surface area contributed by atoms with Gasteiger partial charge in [0.25, 0.3) is 0 Å². The van der Waals surface area contributed by atoms with Gasteiger partial charge in [-0.05, 0) is 51.4 Å². The summed E-state index contributed by atoms with van der Waals surface area (Å²) in [6.07, 6.45) is 7.53. The fourth-order valence-electron chi connectivity index (χ4n) is 4.37. The standard InChI is InChI=1S/C18H34N2O/c1-5-13(2)17-10-19-18(4,15-7-8-15)12-20(17)11-16-9-6-14(3)21-16/h13-17,19H,5-12H2,1-4H3. The van der Waals surface area contributed by atoms with Crippen molar-refractivity contribution < 1.29 is 4.74 Å². The van der Waals surface area contributed by atoms with Gasteiger partial charge < -0.3 is 10.1 Å². The molecule has 5 unspecified atom stereocenters. The van der Waals surface area contributed by atoms with Crippen molar-refractivity contribution in [2.45, 2.75) is 83.6 Å². The van der Waals surface area contributed by atoms with E-state index in [0.717, 1.165) is 24.9 Å². The Balaban J connectivity index is 1.66. The van der Waals surface area contributed by atoms with Gasteiger partial charge in [0, 0.05) is 31.2 Å². The first kappa shape index (κ1) is 15.8. The zero-order valence-electron chi connectivity index (χ0n) is 14.4. The first-order valence-electron chi connectivity index (χ1n) is 9.16. The van der Waals surface area contributed by atoms with Crippen molar-refractivity contribution >= 4 is 0 Å². The van der Waals surface area contributed by atoms with Gasteiger partial charge in [0.05, 0.1) is 12.2 Å². The Morgan fingerprint density at radius 2 is 2.05 bits per heavy atom. The van der Waals surface area contributed by atoms with E-state index in [2.05, 4.69) is 37.9 Å². The maximum Gasteiger partial charge on any atom is 0.0706 e. The number of rotatable bonds is 5. The lowest BCUT2D eigenvalue weighted by Gasteiger charge is -2.49. The minimum atomic E-state index is 0.341. The van der Waals surface area contributed by atoms with E-state index in [1.807, 2.05) is 0 Å². The lowest BCUT2D eigenvalue weighted by atomic mass is 9.86. The third-order valence-electron chi connectivity index (χ3n) is 6.25. The molecular formula is C18H34N2O. The molecule has 5 atom stereocenters. The molecule has 3 nitrogen and oxygen atoms in total. The van der Waals surface area contributed by atoms with Crippen molar-refractivity contribution in [1.82, 2.24) is 10.2 Å². The molecular weight excluding hydrogens is 260 g/mol. The summed E-state index contributed by atoms with van der Waals surface area (Å²) >= 11 is 0. The van der Waals surface area contributed by atoms with E-state index < -0.39 is 0 Å². The second-order valence-corrected chi connectivity index (χ2v) is 8.10. The molecule has 3 heteroatoms. The molecule has 2 saturated heterocycles. The summed E-state index contributed by atoms with van der Waals surface area (Å²) in [5, 5.41) is 3.90. The quantitative estimate of drug-likeness (QED) is 0.843. The van der Waals surface area contributed by atoms with Crippen LogP contribution in [-0.4, -0.2) is 48.3 Å². The van der Waals surface area contributed by atoms with Crippen LogP contribution in [0.5, 0.6) is 0 Å². The van der Waals surface area contributed by atoms with Crippen LogP contribution in [-0.2, 0) is 4.74 Å². The van der Waals surface area contributed by atoms with Crippen LogP contribution in [0.15, 0.2) is 0 Å². The molecule has 1 N–H and O–H groups in total. The summed E-state index contributed by atoms with van der Waals surface area (Å²) in [5.74, 6) is 1.67. The highest BCUT2D eigenvalue weighted by molar-refractivity contribution is 5.05. The molecule has 3 fully saturated rings. The van der Waals surface area contributed by atoms with Crippen LogP contribution in [0.3, 0.4) is 0 Å². The lowest BCUT2D eigenvalue weighted by molar-refractivity contribution is -0.0142. The zero-order chi connectivity index (χ0) is 15.0. The summed E-state index contributed by atoms with van der Waals surface area (Å²) in [5.41, 5.74) is 0.341. The molecule has 0 aromatic rings. The van der Waals surface area contributed by atoms with Gasteiger partial charge in [0.1, 0.15) is 0 Å². The molecule has 2 heterocycles. The van der Waals surface area contributed by atoms with Crippen molar-refractivity contribution in [2.24, 2.45) is 11.8 Å². The predicted molar refractivity (Wildman–Crippen MR) is 87.5 cm³/mol. The number of hydrogen-bond acceptors (Lipinski definition) is 3. The van der Waals surface area contributed by atoms with E-state index in [-0.39, 0.29) is 0 Å². The summed E-state index contributed by atoms with van der Waals surface area (Å²) in [6, 6.07) is 0.682. The molecule has 122 valence electrons. The van der Waals surface area contributed by atoms with Gasteiger partial charge in [-0.25, -0.2) is 0 Å². The fraction of sp³-hybridized carbons (Fsp3) is 1.00. The number of piperazine rings is 1.